The molecule has 0 saturated carbocycles. The van der Waals surface area contributed by atoms with Crippen molar-refractivity contribution in [2.24, 2.45) is 5.92 Å². The topological polar surface area (TPSA) is 73.2 Å². The highest BCUT2D eigenvalue weighted by atomic mass is 19.1. The molecule has 41 heavy (non-hydrogen) atoms. The summed E-state index contributed by atoms with van der Waals surface area (Å²) in [5.74, 6) is 0.133. The molecule has 216 valence electrons. The van der Waals surface area contributed by atoms with Crippen molar-refractivity contribution in [2.45, 2.75) is 59.4 Å². The molecule has 0 aliphatic heterocycles. The first-order valence-electron chi connectivity index (χ1n) is 14.4. The van der Waals surface area contributed by atoms with E-state index in [2.05, 4.69) is 12.2 Å². The maximum Gasteiger partial charge on any atom is 0.251 e. The maximum absolute atomic E-state index is 14.3. The normalized spacial score (nSPS) is 12.0. The van der Waals surface area contributed by atoms with Crippen LogP contribution in [0.1, 0.15) is 70.9 Å². The number of benzene rings is 3. The Morgan fingerprint density at radius 1 is 1.05 bits per heavy atom. The van der Waals surface area contributed by atoms with Gasteiger partial charge in [-0.05, 0) is 73.9 Å². The number of Topliss-reactive ketones (excluding diaryl/α,β-unsaturated/α-hetero) is 1. The van der Waals surface area contributed by atoms with Gasteiger partial charge in [0.25, 0.3) is 5.91 Å². The number of ether oxygens (including phenoxy) is 1. The second-order valence-corrected chi connectivity index (χ2v) is 10.8. The second-order valence-electron chi connectivity index (χ2n) is 10.8. The fraction of sp³-hybridized carbons (Fsp3) is 0.382. The molecule has 3 aromatic carbocycles. The average molecular weight is 558 g/mol. The number of methoxy groups -OCH3 is 1. The van der Waals surface area contributed by atoms with Gasteiger partial charge in [0.05, 0.1) is 12.1 Å². The lowest BCUT2D eigenvalue weighted by Gasteiger charge is -2.16. The molecule has 0 saturated heterocycles. The number of hydrogen-bond donors (Lipinski definition) is 1. The quantitative estimate of drug-likeness (QED) is 0.130. The fourth-order valence-electron chi connectivity index (χ4n) is 5.37. The molecule has 1 unspecified atom stereocenters. The SMILES string of the molecule is CCCC(CCCC(=O)c1ccc(-c2ccc(C)cc2F)cc1)Cn1cc2c(C)c(C(=O)NCCOC)ccc2n1. The largest absolute Gasteiger partial charge is 0.383 e. The molecule has 0 bridgehead atoms. The summed E-state index contributed by atoms with van der Waals surface area (Å²) in [4.78, 5) is 25.5. The molecule has 1 aromatic heterocycles. The second kappa shape index (κ2) is 14.2. The van der Waals surface area contributed by atoms with Gasteiger partial charge < -0.3 is 10.1 Å². The molecule has 0 aliphatic carbocycles. The van der Waals surface area contributed by atoms with Crippen LogP contribution in [0.3, 0.4) is 0 Å². The van der Waals surface area contributed by atoms with E-state index in [0.29, 0.717) is 42.2 Å². The van der Waals surface area contributed by atoms with Crippen LogP contribution >= 0.6 is 0 Å². The lowest BCUT2D eigenvalue weighted by atomic mass is 9.94. The molecule has 0 radical (unpaired) electrons. The van der Waals surface area contributed by atoms with Crippen molar-refractivity contribution in [1.82, 2.24) is 15.1 Å². The molecule has 6 nitrogen and oxygen atoms in total. The number of halogens is 1. The first kappa shape index (κ1) is 30.1. The number of hydrogen-bond acceptors (Lipinski definition) is 4. The third-order valence-corrected chi connectivity index (χ3v) is 7.64. The van der Waals surface area contributed by atoms with Gasteiger partial charge in [-0.25, -0.2) is 4.39 Å². The smallest absolute Gasteiger partial charge is 0.251 e. The Labute approximate surface area is 241 Å². The highest BCUT2D eigenvalue weighted by Gasteiger charge is 2.16. The van der Waals surface area contributed by atoms with Crippen molar-refractivity contribution >= 4 is 22.6 Å². The summed E-state index contributed by atoms with van der Waals surface area (Å²) in [5.41, 5.74) is 5.27. The number of carbonyl (C=O) groups is 2. The van der Waals surface area contributed by atoms with E-state index in [1.54, 1.807) is 25.3 Å². The Morgan fingerprint density at radius 2 is 1.83 bits per heavy atom. The van der Waals surface area contributed by atoms with Gasteiger partial charge in [0.15, 0.2) is 5.78 Å². The predicted molar refractivity (Wildman–Crippen MR) is 162 cm³/mol. The number of nitrogens with one attached hydrogen (secondary N) is 1. The highest BCUT2D eigenvalue weighted by molar-refractivity contribution is 6.00. The first-order valence-corrected chi connectivity index (χ1v) is 14.4. The zero-order valence-electron chi connectivity index (χ0n) is 24.5. The minimum atomic E-state index is -0.254. The number of rotatable bonds is 14. The van der Waals surface area contributed by atoms with Gasteiger partial charge in [-0.2, -0.15) is 5.10 Å². The van der Waals surface area contributed by atoms with Gasteiger partial charge in [0.1, 0.15) is 5.82 Å². The number of amides is 1. The molecule has 0 fully saturated rings. The summed E-state index contributed by atoms with van der Waals surface area (Å²) in [5, 5.41) is 8.64. The number of aromatic nitrogens is 2. The van der Waals surface area contributed by atoms with Gasteiger partial charge in [-0.1, -0.05) is 49.7 Å². The zero-order valence-corrected chi connectivity index (χ0v) is 24.5. The van der Waals surface area contributed by atoms with Crippen molar-refractivity contribution in [1.29, 1.82) is 0 Å². The van der Waals surface area contributed by atoms with Crippen molar-refractivity contribution in [3.63, 3.8) is 0 Å². The van der Waals surface area contributed by atoms with Crippen molar-refractivity contribution in [2.75, 3.05) is 20.3 Å². The molecule has 1 atom stereocenters. The fourth-order valence-corrected chi connectivity index (χ4v) is 5.37. The van der Waals surface area contributed by atoms with Gasteiger partial charge in [-0.15, -0.1) is 0 Å². The lowest BCUT2D eigenvalue weighted by molar-refractivity contribution is 0.0935. The summed E-state index contributed by atoms with van der Waals surface area (Å²) in [7, 11) is 1.61. The van der Waals surface area contributed by atoms with E-state index in [1.807, 2.05) is 55.1 Å². The molecule has 4 aromatic rings. The highest BCUT2D eigenvalue weighted by Crippen LogP contribution is 2.26. The molecule has 4 rings (SSSR count). The zero-order chi connectivity index (χ0) is 29.4. The standard InChI is InChI=1S/C34H40FN3O3/c1-5-7-25(21-38-22-30-24(3)28(16-17-32(30)37-38)34(40)36-18-19-41-4)8-6-9-33(39)27-13-11-26(12-14-27)29-15-10-23(2)20-31(29)35/h10-17,20,22,25H,5-9,18-19,21H2,1-4H3,(H,36,40). The molecule has 1 amide bonds. The van der Waals surface area contributed by atoms with Crippen molar-refractivity contribution in [3.05, 3.63) is 88.9 Å². The molecule has 1 heterocycles. The van der Waals surface area contributed by atoms with Crippen LogP contribution < -0.4 is 5.32 Å². The lowest BCUT2D eigenvalue weighted by Crippen LogP contribution is -2.27. The van der Waals surface area contributed by atoms with Gasteiger partial charge >= 0.3 is 0 Å². The third-order valence-electron chi connectivity index (χ3n) is 7.64. The van der Waals surface area contributed by atoms with Crippen LogP contribution in [0.4, 0.5) is 4.39 Å². The number of carbonyl (C=O) groups excluding carboxylic acids is 2. The van der Waals surface area contributed by atoms with Crippen molar-refractivity contribution < 1.29 is 18.7 Å². The molecular formula is C34H40FN3O3. The Balaban J connectivity index is 1.35. The third kappa shape index (κ3) is 7.67. The molecule has 1 N–H and O–H groups in total. The number of aryl methyl sites for hydroxylation is 2. The van der Waals surface area contributed by atoms with E-state index in [0.717, 1.165) is 59.8 Å². The summed E-state index contributed by atoms with van der Waals surface area (Å²) in [6.45, 7) is 7.69. The van der Waals surface area contributed by atoms with Crippen molar-refractivity contribution in [3.8, 4) is 11.1 Å². The van der Waals surface area contributed by atoms with E-state index in [-0.39, 0.29) is 17.5 Å². The predicted octanol–water partition coefficient (Wildman–Crippen LogP) is 7.30. The molecular weight excluding hydrogens is 517 g/mol. The van der Waals surface area contributed by atoms with E-state index < -0.39 is 0 Å². The molecule has 7 heteroatoms. The average Bonchev–Trinajstić information content (AvgIpc) is 3.37. The van der Waals surface area contributed by atoms with Crippen LogP contribution in [0.15, 0.2) is 60.8 Å². The van der Waals surface area contributed by atoms with Gasteiger partial charge in [0.2, 0.25) is 0 Å². The van der Waals surface area contributed by atoms with E-state index >= 15 is 0 Å². The minimum absolute atomic E-state index is 0.105. The van der Waals surface area contributed by atoms with Gasteiger partial charge in [0, 0.05) is 54.9 Å². The van der Waals surface area contributed by atoms with Crippen LogP contribution in [-0.2, 0) is 11.3 Å². The first-order chi connectivity index (χ1) is 19.8. The summed E-state index contributed by atoms with van der Waals surface area (Å²) in [6, 6.07) is 16.1. The summed E-state index contributed by atoms with van der Waals surface area (Å²) >= 11 is 0. The Kier molecular flexibility index (Phi) is 10.4. The van der Waals surface area contributed by atoms with Crippen LogP contribution in [0.5, 0.6) is 0 Å². The number of ketones is 1. The summed E-state index contributed by atoms with van der Waals surface area (Å²) < 4.78 is 21.3. The minimum Gasteiger partial charge on any atom is -0.383 e. The van der Waals surface area contributed by atoms with Crippen LogP contribution in [0.2, 0.25) is 0 Å². The molecule has 0 spiro atoms. The summed E-state index contributed by atoms with van der Waals surface area (Å²) in [6.07, 6.45) is 6.33. The van der Waals surface area contributed by atoms with Crippen LogP contribution in [-0.4, -0.2) is 41.7 Å². The van der Waals surface area contributed by atoms with Gasteiger partial charge in [-0.3, -0.25) is 14.3 Å². The maximum atomic E-state index is 14.3. The number of fused-ring (bicyclic) bond motifs is 1. The Morgan fingerprint density at radius 3 is 2.54 bits per heavy atom. The van der Waals surface area contributed by atoms with Crippen LogP contribution in [0, 0.1) is 25.6 Å². The van der Waals surface area contributed by atoms with E-state index in [4.69, 9.17) is 9.84 Å². The van der Waals surface area contributed by atoms with E-state index in [9.17, 15) is 14.0 Å². The number of nitrogens with zero attached hydrogens (tertiary/aromatic N) is 2. The monoisotopic (exact) mass is 557 g/mol. The Hall–Kier alpha value is -3.84. The Bertz CT molecular complexity index is 1490. The van der Waals surface area contributed by atoms with Crippen LogP contribution in [0.25, 0.3) is 22.0 Å². The van der Waals surface area contributed by atoms with E-state index in [1.165, 1.54) is 6.07 Å². The molecule has 0 aliphatic rings.